The molecule has 0 unspecified atom stereocenters. The van der Waals surface area contributed by atoms with Gasteiger partial charge in [0.15, 0.2) is 6.61 Å². The van der Waals surface area contributed by atoms with Gasteiger partial charge in [-0.15, -0.1) is 0 Å². The van der Waals surface area contributed by atoms with E-state index in [1.54, 1.807) is 0 Å². The van der Waals surface area contributed by atoms with Gasteiger partial charge in [-0.05, 0) is 67.8 Å². The summed E-state index contributed by atoms with van der Waals surface area (Å²) < 4.78 is 13.8. The maximum absolute atomic E-state index is 12.4. The molecule has 4 rings (SSSR count). The van der Waals surface area contributed by atoms with Gasteiger partial charge >= 0.3 is 0 Å². The first-order valence-corrected chi connectivity index (χ1v) is 11.1. The van der Waals surface area contributed by atoms with Crippen LogP contribution < -0.4 is 14.8 Å². The minimum Gasteiger partial charge on any atom is -0.492 e. The van der Waals surface area contributed by atoms with Gasteiger partial charge in [0.2, 0.25) is 0 Å². The maximum Gasteiger partial charge on any atom is 0.258 e. The second-order valence-corrected chi connectivity index (χ2v) is 8.17. The molecule has 170 valence electrons. The molecule has 33 heavy (non-hydrogen) atoms. The third-order valence-electron chi connectivity index (χ3n) is 5.45. The van der Waals surface area contributed by atoms with Gasteiger partial charge in [0.25, 0.3) is 5.91 Å². The van der Waals surface area contributed by atoms with E-state index in [4.69, 9.17) is 14.5 Å². The monoisotopic (exact) mass is 443 g/mol. The zero-order valence-corrected chi connectivity index (χ0v) is 19.3. The highest BCUT2D eigenvalue weighted by Crippen LogP contribution is 2.19. The number of hydrogen-bond donors (Lipinski definition) is 1. The van der Waals surface area contributed by atoms with Crippen LogP contribution in [0.5, 0.6) is 11.5 Å². The summed E-state index contributed by atoms with van der Waals surface area (Å²) in [5.41, 5.74) is 5.17. The van der Waals surface area contributed by atoms with Crippen LogP contribution >= 0.6 is 0 Å². The molecule has 0 aliphatic rings. The molecule has 1 heterocycles. The van der Waals surface area contributed by atoms with E-state index in [9.17, 15) is 4.79 Å². The van der Waals surface area contributed by atoms with Crippen molar-refractivity contribution in [1.29, 1.82) is 0 Å². The van der Waals surface area contributed by atoms with Crippen LogP contribution in [0, 0.1) is 20.8 Å². The number of amides is 1. The number of para-hydroxylation sites is 2. The quantitative estimate of drug-likeness (QED) is 0.406. The fourth-order valence-electron chi connectivity index (χ4n) is 3.70. The fraction of sp³-hybridized carbons (Fsp3) is 0.259. The van der Waals surface area contributed by atoms with Crippen molar-refractivity contribution in [2.75, 3.05) is 13.2 Å². The van der Waals surface area contributed by atoms with Gasteiger partial charge in [-0.3, -0.25) is 4.79 Å². The molecule has 3 aromatic carbocycles. The number of rotatable bonds is 9. The lowest BCUT2D eigenvalue weighted by molar-refractivity contribution is -0.123. The number of carbonyl (C=O) groups is 1. The van der Waals surface area contributed by atoms with E-state index in [-0.39, 0.29) is 12.5 Å². The van der Waals surface area contributed by atoms with Crippen LogP contribution in [0.25, 0.3) is 11.0 Å². The molecule has 0 saturated heterocycles. The van der Waals surface area contributed by atoms with Crippen molar-refractivity contribution in [2.45, 2.75) is 33.9 Å². The largest absolute Gasteiger partial charge is 0.492 e. The van der Waals surface area contributed by atoms with E-state index in [0.29, 0.717) is 19.7 Å². The average Bonchev–Trinajstić information content (AvgIpc) is 3.16. The summed E-state index contributed by atoms with van der Waals surface area (Å²) in [6.45, 7) is 7.41. The number of ether oxygens (including phenoxy) is 2. The van der Waals surface area contributed by atoms with Crippen LogP contribution in [0.2, 0.25) is 0 Å². The Balaban J connectivity index is 1.39. The molecule has 0 bridgehead atoms. The number of benzene rings is 3. The summed E-state index contributed by atoms with van der Waals surface area (Å²) in [6.07, 6.45) is 0. The number of carbonyl (C=O) groups excluding carboxylic acids is 1. The molecule has 4 aromatic rings. The van der Waals surface area contributed by atoms with Crippen LogP contribution in [-0.2, 0) is 17.9 Å². The highest BCUT2D eigenvalue weighted by molar-refractivity contribution is 5.78. The lowest BCUT2D eigenvalue weighted by Gasteiger charge is -2.13. The molecule has 0 aliphatic carbocycles. The molecule has 1 N–H and O–H groups in total. The topological polar surface area (TPSA) is 65.4 Å². The number of nitrogens with zero attached hydrogens (tertiary/aromatic N) is 2. The SMILES string of the molecule is Cc1cccc(OCCn2c(CNC(=O)COc3cc(C)ccc3C)nc3ccccc32)c1. The first kappa shape index (κ1) is 22.4. The minimum absolute atomic E-state index is 0.0407. The first-order chi connectivity index (χ1) is 16.0. The fourth-order valence-corrected chi connectivity index (χ4v) is 3.70. The van der Waals surface area contributed by atoms with Gasteiger partial charge in [-0.1, -0.05) is 36.4 Å². The summed E-state index contributed by atoms with van der Waals surface area (Å²) in [5.74, 6) is 2.17. The van der Waals surface area contributed by atoms with Gasteiger partial charge in [-0.2, -0.15) is 0 Å². The molecule has 0 radical (unpaired) electrons. The van der Waals surface area contributed by atoms with Crippen molar-refractivity contribution in [3.8, 4) is 11.5 Å². The van der Waals surface area contributed by atoms with Crippen LogP contribution in [0.3, 0.4) is 0 Å². The Hall–Kier alpha value is -3.80. The number of hydrogen-bond acceptors (Lipinski definition) is 4. The third-order valence-corrected chi connectivity index (χ3v) is 5.45. The van der Waals surface area contributed by atoms with Gasteiger partial charge in [0, 0.05) is 0 Å². The highest BCUT2D eigenvalue weighted by atomic mass is 16.5. The van der Waals surface area contributed by atoms with E-state index >= 15 is 0 Å². The second-order valence-electron chi connectivity index (χ2n) is 8.17. The predicted molar refractivity (Wildman–Crippen MR) is 130 cm³/mol. The summed E-state index contributed by atoms with van der Waals surface area (Å²) in [6, 6.07) is 21.9. The Morgan fingerprint density at radius 1 is 0.939 bits per heavy atom. The number of nitrogens with one attached hydrogen (secondary N) is 1. The van der Waals surface area contributed by atoms with Crippen LogP contribution in [0.15, 0.2) is 66.7 Å². The van der Waals surface area contributed by atoms with Crippen molar-refractivity contribution in [3.63, 3.8) is 0 Å². The van der Waals surface area contributed by atoms with Crippen LogP contribution in [-0.4, -0.2) is 28.7 Å². The Bertz CT molecular complexity index is 1260. The normalized spacial score (nSPS) is 10.9. The van der Waals surface area contributed by atoms with Crippen molar-refractivity contribution in [2.24, 2.45) is 0 Å². The van der Waals surface area contributed by atoms with Crippen LogP contribution in [0.4, 0.5) is 0 Å². The molecule has 1 aromatic heterocycles. The maximum atomic E-state index is 12.4. The lowest BCUT2D eigenvalue weighted by Crippen LogP contribution is -2.30. The lowest BCUT2D eigenvalue weighted by atomic mass is 10.1. The van der Waals surface area contributed by atoms with Gasteiger partial charge in [-0.25, -0.2) is 4.98 Å². The average molecular weight is 444 g/mol. The molecular weight excluding hydrogens is 414 g/mol. The summed E-state index contributed by atoms with van der Waals surface area (Å²) in [7, 11) is 0. The Kier molecular flexibility index (Phi) is 6.93. The third kappa shape index (κ3) is 5.71. The van der Waals surface area contributed by atoms with E-state index in [2.05, 4.69) is 9.88 Å². The minimum atomic E-state index is -0.189. The highest BCUT2D eigenvalue weighted by Gasteiger charge is 2.12. The molecule has 0 fully saturated rings. The standard InChI is InChI=1S/C27H29N3O3/c1-19-7-6-8-22(15-19)32-14-13-30-24-10-5-4-9-23(24)29-26(30)17-28-27(31)18-33-25-16-20(2)11-12-21(25)3/h4-12,15-16H,13-14,17-18H2,1-3H3,(H,28,31). The smallest absolute Gasteiger partial charge is 0.258 e. The predicted octanol–water partition coefficient (Wildman–Crippen LogP) is 4.74. The molecule has 1 amide bonds. The van der Waals surface area contributed by atoms with E-state index in [0.717, 1.165) is 45.0 Å². The van der Waals surface area contributed by atoms with Crippen molar-refractivity contribution < 1.29 is 14.3 Å². The number of aromatic nitrogens is 2. The molecule has 0 spiro atoms. The molecular formula is C27H29N3O3. The summed E-state index contributed by atoms with van der Waals surface area (Å²) in [5, 5.41) is 2.93. The van der Waals surface area contributed by atoms with Crippen molar-refractivity contribution >= 4 is 16.9 Å². The number of fused-ring (bicyclic) bond motifs is 1. The Morgan fingerprint density at radius 3 is 2.61 bits per heavy atom. The van der Waals surface area contributed by atoms with E-state index in [1.807, 2.05) is 87.5 Å². The Morgan fingerprint density at radius 2 is 1.76 bits per heavy atom. The van der Waals surface area contributed by atoms with E-state index in [1.165, 1.54) is 0 Å². The second kappa shape index (κ2) is 10.2. The molecule has 0 aliphatic heterocycles. The first-order valence-electron chi connectivity index (χ1n) is 11.1. The van der Waals surface area contributed by atoms with Crippen molar-refractivity contribution in [3.05, 3.63) is 89.2 Å². The zero-order chi connectivity index (χ0) is 23.2. The number of aryl methyl sites for hydroxylation is 3. The van der Waals surface area contributed by atoms with Gasteiger partial charge in [0.1, 0.15) is 23.9 Å². The molecule has 0 saturated carbocycles. The van der Waals surface area contributed by atoms with Gasteiger partial charge < -0.3 is 19.4 Å². The summed E-state index contributed by atoms with van der Waals surface area (Å²) >= 11 is 0. The summed E-state index contributed by atoms with van der Waals surface area (Å²) in [4.78, 5) is 17.2. The number of imidazole rings is 1. The van der Waals surface area contributed by atoms with Crippen molar-refractivity contribution in [1.82, 2.24) is 14.9 Å². The van der Waals surface area contributed by atoms with Crippen LogP contribution in [0.1, 0.15) is 22.5 Å². The van der Waals surface area contributed by atoms with Gasteiger partial charge in [0.05, 0.1) is 24.1 Å². The zero-order valence-electron chi connectivity index (χ0n) is 19.3. The molecule has 0 atom stereocenters. The Labute approximate surface area is 194 Å². The van der Waals surface area contributed by atoms with E-state index < -0.39 is 0 Å². The molecule has 6 nitrogen and oxygen atoms in total. The molecule has 6 heteroatoms.